The lowest BCUT2D eigenvalue weighted by atomic mass is 9.96. The van der Waals surface area contributed by atoms with E-state index in [1.165, 1.54) is 36.4 Å². The van der Waals surface area contributed by atoms with E-state index in [1.54, 1.807) is 12.1 Å². The van der Waals surface area contributed by atoms with E-state index in [-0.39, 0.29) is 22.5 Å². The van der Waals surface area contributed by atoms with Crippen molar-refractivity contribution in [1.82, 2.24) is 0 Å². The highest BCUT2D eigenvalue weighted by atomic mass is 16.5. The lowest BCUT2D eigenvalue weighted by Gasteiger charge is -2.28. The number of para-hydroxylation sites is 2. The number of carboxylic acid groups (broad SMARTS) is 2. The summed E-state index contributed by atoms with van der Waals surface area (Å²) in [4.78, 5) is 49.0. The quantitative estimate of drug-likeness (QED) is 0.208. The molecule has 2 rings (SSSR count). The maximum Gasteiger partial charge on any atom is 0.323 e. The Balaban J connectivity index is 2.52. The molecule has 0 radical (unpaired) electrons. The third-order valence-electron chi connectivity index (χ3n) is 4.49. The Labute approximate surface area is 176 Å². The van der Waals surface area contributed by atoms with Crippen molar-refractivity contribution in [3.63, 3.8) is 0 Å². The van der Waals surface area contributed by atoms with Gasteiger partial charge in [-0.2, -0.15) is 0 Å². The molecule has 0 spiro atoms. The summed E-state index contributed by atoms with van der Waals surface area (Å²) in [5.74, 6) is -5.15. The van der Waals surface area contributed by atoms with Crippen LogP contribution in [-0.4, -0.2) is 58.0 Å². The van der Waals surface area contributed by atoms with Crippen molar-refractivity contribution in [2.75, 3.05) is 11.5 Å². The summed E-state index contributed by atoms with van der Waals surface area (Å²) < 4.78 is 5.42. The van der Waals surface area contributed by atoms with Gasteiger partial charge in [-0.1, -0.05) is 24.3 Å². The second kappa shape index (κ2) is 9.80. The van der Waals surface area contributed by atoms with Crippen molar-refractivity contribution in [3.05, 3.63) is 59.7 Å². The van der Waals surface area contributed by atoms with Crippen molar-refractivity contribution in [2.45, 2.75) is 24.3 Å². The van der Waals surface area contributed by atoms with Gasteiger partial charge in [0.2, 0.25) is 0 Å². The van der Waals surface area contributed by atoms with Crippen molar-refractivity contribution < 1.29 is 34.1 Å². The number of ether oxygens (including phenoxy) is 1. The van der Waals surface area contributed by atoms with Crippen LogP contribution in [0.1, 0.15) is 20.7 Å². The number of carbonyl (C=O) groups excluding carboxylic acids is 2. The number of hydrogen-bond donors (Lipinski definition) is 6. The van der Waals surface area contributed by atoms with Crippen LogP contribution in [0.2, 0.25) is 0 Å². The molecule has 2 aromatic rings. The summed E-state index contributed by atoms with van der Waals surface area (Å²) in [5, 5.41) is 18.7. The molecule has 0 heterocycles. The lowest BCUT2D eigenvalue weighted by molar-refractivity contribution is -0.145. The molecule has 11 nitrogen and oxygen atoms in total. The van der Waals surface area contributed by atoms with Crippen LogP contribution in [-0.2, 0) is 14.3 Å². The van der Waals surface area contributed by atoms with Crippen LogP contribution in [0, 0.1) is 0 Å². The number of ketones is 2. The van der Waals surface area contributed by atoms with E-state index in [2.05, 4.69) is 0 Å². The molecule has 0 aliphatic carbocycles. The van der Waals surface area contributed by atoms with E-state index >= 15 is 0 Å². The van der Waals surface area contributed by atoms with E-state index in [9.17, 15) is 29.4 Å². The zero-order chi connectivity index (χ0) is 23.3. The summed E-state index contributed by atoms with van der Waals surface area (Å²) in [6, 6.07) is 7.56. The van der Waals surface area contributed by atoms with Gasteiger partial charge in [0.15, 0.2) is 11.6 Å². The summed E-state index contributed by atoms with van der Waals surface area (Å²) >= 11 is 0. The predicted molar refractivity (Wildman–Crippen MR) is 110 cm³/mol. The van der Waals surface area contributed by atoms with Gasteiger partial charge in [-0.25, -0.2) is 0 Å². The number of aliphatic carboxylic acids is 2. The monoisotopic (exact) mass is 430 g/mol. The first kappa shape index (κ1) is 23.5. The summed E-state index contributed by atoms with van der Waals surface area (Å²) in [7, 11) is 0. The Bertz CT molecular complexity index is 931. The standard InChI is InChI=1S/C20H22N4O7/c21-11-7-3-1-5-9(11)15(25)17(13(23)19(27)28)31-18(14(24)20(29)30)16(26)10-6-2-4-8-12(10)22/h1-8,13-14,17-18H,21-24H2,(H,27,28)(H,29,30). The maximum atomic E-state index is 13.0. The minimum Gasteiger partial charge on any atom is -0.480 e. The van der Waals surface area contributed by atoms with Crippen LogP contribution in [0.4, 0.5) is 11.4 Å². The van der Waals surface area contributed by atoms with Gasteiger partial charge in [0.05, 0.1) is 0 Å². The van der Waals surface area contributed by atoms with Gasteiger partial charge in [0, 0.05) is 22.5 Å². The van der Waals surface area contributed by atoms with Crippen LogP contribution in [0.15, 0.2) is 48.5 Å². The molecule has 0 saturated heterocycles. The van der Waals surface area contributed by atoms with Gasteiger partial charge in [-0.3, -0.25) is 19.2 Å². The van der Waals surface area contributed by atoms with E-state index in [0.29, 0.717) is 0 Å². The number of rotatable bonds is 10. The summed E-state index contributed by atoms with van der Waals surface area (Å²) in [5.41, 5.74) is 22.6. The molecule has 0 amide bonds. The smallest absolute Gasteiger partial charge is 0.323 e. The Kier molecular flexibility index (Phi) is 7.42. The zero-order valence-corrected chi connectivity index (χ0v) is 16.2. The fourth-order valence-corrected chi connectivity index (χ4v) is 2.79. The van der Waals surface area contributed by atoms with Crippen LogP contribution in [0.5, 0.6) is 0 Å². The Morgan fingerprint density at radius 1 is 0.677 bits per heavy atom. The van der Waals surface area contributed by atoms with Crippen molar-refractivity contribution >= 4 is 34.9 Å². The molecule has 164 valence electrons. The lowest BCUT2D eigenvalue weighted by Crippen LogP contribution is -2.55. The van der Waals surface area contributed by atoms with Gasteiger partial charge in [-0.05, 0) is 24.3 Å². The first-order valence-electron chi connectivity index (χ1n) is 8.96. The van der Waals surface area contributed by atoms with Crippen molar-refractivity contribution in [2.24, 2.45) is 11.5 Å². The molecule has 10 N–H and O–H groups in total. The second-order valence-electron chi connectivity index (χ2n) is 6.61. The van der Waals surface area contributed by atoms with E-state index in [1.807, 2.05) is 0 Å². The summed E-state index contributed by atoms with van der Waals surface area (Å²) in [6.07, 6.45) is -3.93. The number of nitrogen functional groups attached to an aromatic ring is 2. The number of carbonyl (C=O) groups is 4. The first-order valence-corrected chi connectivity index (χ1v) is 8.96. The number of benzene rings is 2. The van der Waals surface area contributed by atoms with Crippen molar-refractivity contribution in [1.29, 1.82) is 0 Å². The zero-order valence-electron chi connectivity index (χ0n) is 16.2. The Morgan fingerprint density at radius 3 is 1.29 bits per heavy atom. The van der Waals surface area contributed by atoms with E-state index in [0.717, 1.165) is 0 Å². The second-order valence-corrected chi connectivity index (χ2v) is 6.61. The molecular formula is C20H22N4O7. The maximum absolute atomic E-state index is 13.0. The predicted octanol–water partition coefficient (Wildman–Crippen LogP) is -0.506. The average Bonchev–Trinajstić information content (AvgIpc) is 2.73. The van der Waals surface area contributed by atoms with Crippen LogP contribution in [0.25, 0.3) is 0 Å². The molecule has 0 aliphatic heterocycles. The molecule has 2 aromatic carbocycles. The van der Waals surface area contributed by atoms with E-state index in [4.69, 9.17) is 27.7 Å². The van der Waals surface area contributed by atoms with Crippen LogP contribution >= 0.6 is 0 Å². The number of carboxylic acids is 2. The largest absolute Gasteiger partial charge is 0.480 e. The minimum absolute atomic E-state index is 0.0106. The Hall–Kier alpha value is -3.80. The number of hydrogen-bond acceptors (Lipinski definition) is 9. The minimum atomic E-state index is -1.97. The molecule has 31 heavy (non-hydrogen) atoms. The fourth-order valence-electron chi connectivity index (χ4n) is 2.79. The highest BCUT2D eigenvalue weighted by Gasteiger charge is 2.41. The third-order valence-corrected chi connectivity index (χ3v) is 4.49. The van der Waals surface area contributed by atoms with Gasteiger partial charge in [0.1, 0.15) is 24.3 Å². The molecular weight excluding hydrogens is 408 g/mol. The van der Waals surface area contributed by atoms with Crippen LogP contribution in [0.3, 0.4) is 0 Å². The molecule has 4 unspecified atom stereocenters. The van der Waals surface area contributed by atoms with Gasteiger partial charge >= 0.3 is 11.9 Å². The number of Topliss-reactive ketones (excluding diaryl/α,β-unsaturated/α-hetero) is 2. The SMILES string of the molecule is Nc1ccccc1C(=O)C(OC(C(=O)c1ccccc1N)C(N)C(=O)O)C(N)C(=O)O. The van der Waals surface area contributed by atoms with E-state index < -0.39 is 47.8 Å². The normalized spacial score (nSPS) is 14.8. The van der Waals surface area contributed by atoms with Gasteiger partial charge < -0.3 is 37.9 Å². The third kappa shape index (κ3) is 5.22. The van der Waals surface area contributed by atoms with Gasteiger partial charge in [-0.15, -0.1) is 0 Å². The fraction of sp³-hybridized carbons (Fsp3) is 0.200. The average molecular weight is 430 g/mol. The molecule has 0 bridgehead atoms. The molecule has 4 atom stereocenters. The number of anilines is 2. The highest BCUT2D eigenvalue weighted by Crippen LogP contribution is 2.21. The topological polar surface area (TPSA) is 222 Å². The van der Waals surface area contributed by atoms with Crippen molar-refractivity contribution in [3.8, 4) is 0 Å². The molecule has 0 aromatic heterocycles. The highest BCUT2D eigenvalue weighted by molar-refractivity contribution is 6.08. The van der Waals surface area contributed by atoms with Gasteiger partial charge in [0.25, 0.3) is 0 Å². The molecule has 0 fully saturated rings. The Morgan fingerprint density at radius 2 is 1.00 bits per heavy atom. The summed E-state index contributed by atoms with van der Waals surface area (Å²) in [6.45, 7) is 0. The molecule has 0 saturated carbocycles. The molecule has 0 aliphatic rings. The first-order chi connectivity index (χ1) is 14.6. The van der Waals surface area contributed by atoms with Crippen LogP contribution < -0.4 is 22.9 Å². The number of nitrogens with two attached hydrogens (primary N) is 4. The molecule has 11 heteroatoms.